The SMILES string of the molecule is CC(SCc1ccccc1)C(=O)NC1(C(=O)O)CC1. The summed E-state index contributed by atoms with van der Waals surface area (Å²) in [6.07, 6.45) is 1.06. The van der Waals surface area contributed by atoms with Crippen LogP contribution in [-0.4, -0.2) is 27.8 Å². The molecule has 0 heterocycles. The molecule has 2 rings (SSSR count). The highest BCUT2D eigenvalue weighted by atomic mass is 32.2. The van der Waals surface area contributed by atoms with Crippen molar-refractivity contribution in [1.29, 1.82) is 0 Å². The standard InChI is InChI=1S/C14H17NO3S/c1-10(19-9-11-5-3-2-4-6-11)12(16)15-14(7-8-14)13(17)18/h2-6,10H,7-9H2,1H3,(H,15,16)(H,17,18). The van der Waals surface area contributed by atoms with Crippen molar-refractivity contribution in [3.05, 3.63) is 35.9 Å². The number of carbonyl (C=O) groups is 2. The van der Waals surface area contributed by atoms with E-state index in [1.165, 1.54) is 11.8 Å². The number of rotatable bonds is 6. The van der Waals surface area contributed by atoms with Crippen LogP contribution in [0.15, 0.2) is 30.3 Å². The Morgan fingerprint density at radius 1 is 1.37 bits per heavy atom. The lowest BCUT2D eigenvalue weighted by Crippen LogP contribution is -2.46. The summed E-state index contributed by atoms with van der Waals surface area (Å²) in [4.78, 5) is 22.9. The molecule has 0 radical (unpaired) electrons. The number of thioether (sulfide) groups is 1. The highest BCUT2D eigenvalue weighted by Gasteiger charge is 2.51. The van der Waals surface area contributed by atoms with Gasteiger partial charge >= 0.3 is 5.97 Å². The van der Waals surface area contributed by atoms with Crippen LogP contribution in [-0.2, 0) is 15.3 Å². The molecule has 1 fully saturated rings. The molecule has 4 nitrogen and oxygen atoms in total. The van der Waals surface area contributed by atoms with Crippen LogP contribution in [0.1, 0.15) is 25.3 Å². The zero-order valence-electron chi connectivity index (χ0n) is 10.8. The van der Waals surface area contributed by atoms with Gasteiger partial charge in [0, 0.05) is 5.75 Å². The van der Waals surface area contributed by atoms with E-state index in [1.807, 2.05) is 30.3 Å². The van der Waals surface area contributed by atoms with Crippen LogP contribution in [0.25, 0.3) is 0 Å². The lowest BCUT2D eigenvalue weighted by molar-refractivity contribution is -0.143. The van der Waals surface area contributed by atoms with Crippen LogP contribution < -0.4 is 5.32 Å². The van der Waals surface area contributed by atoms with Crippen molar-refractivity contribution in [2.24, 2.45) is 0 Å². The quantitative estimate of drug-likeness (QED) is 0.836. The minimum Gasteiger partial charge on any atom is -0.480 e. The Balaban J connectivity index is 1.82. The Hall–Kier alpha value is -1.49. The van der Waals surface area contributed by atoms with Crippen LogP contribution in [0.3, 0.4) is 0 Å². The number of benzene rings is 1. The number of carboxylic acids is 1. The molecule has 0 bridgehead atoms. The van der Waals surface area contributed by atoms with E-state index in [-0.39, 0.29) is 11.2 Å². The molecule has 0 spiro atoms. The van der Waals surface area contributed by atoms with Gasteiger partial charge in [0.05, 0.1) is 5.25 Å². The highest BCUT2D eigenvalue weighted by molar-refractivity contribution is 7.99. The number of hydrogen-bond donors (Lipinski definition) is 2. The molecule has 1 aliphatic carbocycles. The summed E-state index contributed by atoms with van der Waals surface area (Å²) in [6, 6.07) is 9.90. The fourth-order valence-corrected chi connectivity index (χ4v) is 2.57. The van der Waals surface area contributed by atoms with Gasteiger partial charge in [-0.25, -0.2) is 4.79 Å². The van der Waals surface area contributed by atoms with Gasteiger partial charge in [-0.3, -0.25) is 4.79 Å². The Morgan fingerprint density at radius 3 is 2.53 bits per heavy atom. The van der Waals surface area contributed by atoms with Gasteiger partial charge in [0.1, 0.15) is 5.54 Å². The second-order valence-electron chi connectivity index (χ2n) is 4.82. The molecule has 1 amide bonds. The normalized spacial score (nSPS) is 17.5. The number of carbonyl (C=O) groups excluding carboxylic acids is 1. The van der Waals surface area contributed by atoms with Gasteiger partial charge in [-0.1, -0.05) is 30.3 Å². The van der Waals surface area contributed by atoms with Gasteiger partial charge < -0.3 is 10.4 Å². The van der Waals surface area contributed by atoms with Crippen molar-refractivity contribution in [2.45, 2.75) is 36.3 Å². The molecule has 2 N–H and O–H groups in total. The fourth-order valence-electron chi connectivity index (χ4n) is 1.73. The van der Waals surface area contributed by atoms with Crippen LogP contribution in [0.5, 0.6) is 0 Å². The Labute approximate surface area is 116 Å². The van der Waals surface area contributed by atoms with Crippen LogP contribution >= 0.6 is 11.8 Å². The fraction of sp³-hybridized carbons (Fsp3) is 0.429. The first kappa shape index (κ1) is 13.9. The maximum Gasteiger partial charge on any atom is 0.329 e. The number of aliphatic carboxylic acids is 1. The van der Waals surface area contributed by atoms with Gasteiger partial charge in [0.2, 0.25) is 5.91 Å². The van der Waals surface area contributed by atoms with Gasteiger partial charge in [0.15, 0.2) is 0 Å². The first-order valence-electron chi connectivity index (χ1n) is 6.24. The van der Waals surface area contributed by atoms with Crippen LogP contribution in [0, 0.1) is 0 Å². The third kappa shape index (κ3) is 3.50. The van der Waals surface area contributed by atoms with Crippen LogP contribution in [0.2, 0.25) is 0 Å². The maximum atomic E-state index is 11.9. The Morgan fingerprint density at radius 2 is 2.00 bits per heavy atom. The van der Waals surface area contributed by atoms with E-state index in [0.29, 0.717) is 12.8 Å². The minimum absolute atomic E-state index is 0.194. The van der Waals surface area contributed by atoms with Gasteiger partial charge in [-0.15, -0.1) is 11.8 Å². The average Bonchev–Trinajstić information content (AvgIpc) is 3.18. The number of nitrogens with one attached hydrogen (secondary N) is 1. The molecule has 19 heavy (non-hydrogen) atoms. The molecule has 1 aliphatic rings. The number of carboxylic acid groups (broad SMARTS) is 1. The van der Waals surface area contributed by atoms with Crippen molar-refractivity contribution >= 4 is 23.6 Å². The van der Waals surface area contributed by atoms with E-state index < -0.39 is 11.5 Å². The molecule has 1 aromatic carbocycles. The zero-order valence-corrected chi connectivity index (χ0v) is 11.6. The maximum absolute atomic E-state index is 11.9. The predicted octanol–water partition coefficient (Wildman–Crippen LogP) is 2.04. The van der Waals surface area contributed by atoms with E-state index in [0.717, 1.165) is 11.3 Å². The molecule has 5 heteroatoms. The van der Waals surface area contributed by atoms with Crippen LogP contribution in [0.4, 0.5) is 0 Å². The van der Waals surface area contributed by atoms with Gasteiger partial charge in [-0.2, -0.15) is 0 Å². The summed E-state index contributed by atoms with van der Waals surface area (Å²) in [5.41, 5.74) is 0.171. The van der Waals surface area contributed by atoms with Crippen molar-refractivity contribution in [3.8, 4) is 0 Å². The van der Waals surface area contributed by atoms with E-state index in [1.54, 1.807) is 6.92 Å². The predicted molar refractivity (Wildman–Crippen MR) is 74.9 cm³/mol. The molecule has 102 valence electrons. The molecular weight excluding hydrogens is 262 g/mol. The summed E-state index contributed by atoms with van der Waals surface area (Å²) in [6.45, 7) is 1.81. The summed E-state index contributed by atoms with van der Waals surface area (Å²) < 4.78 is 0. The van der Waals surface area contributed by atoms with Gasteiger partial charge in [0.25, 0.3) is 0 Å². The largest absolute Gasteiger partial charge is 0.480 e. The first-order valence-corrected chi connectivity index (χ1v) is 7.29. The molecule has 0 aliphatic heterocycles. The molecule has 1 saturated carbocycles. The molecule has 0 aromatic heterocycles. The monoisotopic (exact) mass is 279 g/mol. The molecule has 0 saturated heterocycles. The lowest BCUT2D eigenvalue weighted by atomic mass is 10.2. The Bertz CT molecular complexity index is 471. The number of hydrogen-bond acceptors (Lipinski definition) is 3. The van der Waals surface area contributed by atoms with Crippen molar-refractivity contribution < 1.29 is 14.7 Å². The number of amides is 1. The summed E-state index contributed by atoms with van der Waals surface area (Å²) in [5.74, 6) is -0.378. The van der Waals surface area contributed by atoms with Crippen molar-refractivity contribution in [2.75, 3.05) is 0 Å². The topological polar surface area (TPSA) is 66.4 Å². The van der Waals surface area contributed by atoms with E-state index >= 15 is 0 Å². The molecular formula is C14H17NO3S. The molecule has 1 atom stereocenters. The average molecular weight is 279 g/mol. The van der Waals surface area contributed by atoms with Crippen molar-refractivity contribution in [1.82, 2.24) is 5.32 Å². The first-order chi connectivity index (χ1) is 9.03. The Kier molecular flexibility index (Phi) is 4.14. The molecule has 1 unspecified atom stereocenters. The summed E-state index contributed by atoms with van der Waals surface area (Å²) in [7, 11) is 0. The van der Waals surface area contributed by atoms with E-state index in [9.17, 15) is 9.59 Å². The summed E-state index contributed by atoms with van der Waals surface area (Å²) >= 11 is 1.51. The van der Waals surface area contributed by atoms with Crippen molar-refractivity contribution in [3.63, 3.8) is 0 Å². The third-order valence-electron chi connectivity index (χ3n) is 3.23. The molecule has 1 aromatic rings. The second-order valence-corrected chi connectivity index (χ2v) is 6.14. The summed E-state index contributed by atoms with van der Waals surface area (Å²) in [5, 5.41) is 11.4. The zero-order chi connectivity index (χ0) is 13.9. The third-order valence-corrected chi connectivity index (χ3v) is 4.45. The lowest BCUT2D eigenvalue weighted by Gasteiger charge is -2.16. The van der Waals surface area contributed by atoms with Gasteiger partial charge in [-0.05, 0) is 25.3 Å². The van der Waals surface area contributed by atoms with E-state index in [2.05, 4.69) is 5.32 Å². The second kappa shape index (κ2) is 5.65. The van der Waals surface area contributed by atoms with E-state index in [4.69, 9.17) is 5.11 Å². The smallest absolute Gasteiger partial charge is 0.329 e. The highest BCUT2D eigenvalue weighted by Crippen LogP contribution is 2.36. The minimum atomic E-state index is -0.987.